The zero-order valence-electron chi connectivity index (χ0n) is 9.62. The normalized spacial score (nSPS) is 9.87. The van der Waals surface area contributed by atoms with Crippen LogP contribution in [0.4, 0.5) is 5.69 Å². The lowest BCUT2D eigenvalue weighted by atomic mass is 10.1. The summed E-state index contributed by atoms with van der Waals surface area (Å²) in [5.41, 5.74) is 7.54. The molecule has 0 aliphatic carbocycles. The molecule has 0 spiro atoms. The molecule has 1 aromatic carbocycles. The molecule has 0 heterocycles. The molecular formula is C12H20ClNO. The molecular weight excluding hydrogens is 210 g/mol. The number of nitrogens with two attached hydrogens (primary N) is 1. The van der Waals surface area contributed by atoms with Crippen molar-refractivity contribution < 1.29 is 4.74 Å². The smallest absolute Gasteiger partial charge is 0.122 e. The van der Waals surface area contributed by atoms with Gasteiger partial charge < -0.3 is 10.5 Å². The molecule has 0 atom stereocenters. The lowest BCUT2D eigenvalue weighted by Crippen LogP contribution is -2.02. The fourth-order valence-electron chi connectivity index (χ4n) is 1.24. The second kappa shape index (κ2) is 6.57. The van der Waals surface area contributed by atoms with Crippen LogP contribution >= 0.6 is 12.4 Å². The van der Waals surface area contributed by atoms with E-state index < -0.39 is 0 Å². The molecule has 0 aliphatic rings. The third-order valence-corrected chi connectivity index (χ3v) is 2.15. The summed E-state index contributed by atoms with van der Waals surface area (Å²) in [6.45, 7) is 7.18. The third kappa shape index (κ3) is 4.93. The molecule has 0 bridgehead atoms. The Labute approximate surface area is 98.2 Å². The van der Waals surface area contributed by atoms with Crippen LogP contribution in [0.5, 0.6) is 5.75 Å². The fraction of sp³-hybridized carbons (Fsp3) is 0.500. The summed E-state index contributed by atoms with van der Waals surface area (Å²) in [6, 6.07) is 5.74. The van der Waals surface area contributed by atoms with E-state index in [0.29, 0.717) is 5.92 Å². The molecule has 86 valence electrons. The van der Waals surface area contributed by atoms with E-state index in [1.807, 2.05) is 25.1 Å². The van der Waals surface area contributed by atoms with Gasteiger partial charge in [-0.05, 0) is 43.0 Å². The van der Waals surface area contributed by atoms with Gasteiger partial charge in [-0.2, -0.15) is 0 Å². The molecule has 0 unspecified atom stereocenters. The number of hydrogen-bond acceptors (Lipinski definition) is 2. The topological polar surface area (TPSA) is 35.2 Å². The van der Waals surface area contributed by atoms with Crippen LogP contribution in [0.1, 0.15) is 25.8 Å². The predicted octanol–water partition coefficient (Wildman–Crippen LogP) is 3.42. The Morgan fingerprint density at radius 3 is 2.53 bits per heavy atom. The predicted molar refractivity (Wildman–Crippen MR) is 67.8 cm³/mol. The molecule has 1 aromatic rings. The second-order valence-corrected chi connectivity index (χ2v) is 4.06. The number of anilines is 1. The van der Waals surface area contributed by atoms with Crippen molar-refractivity contribution >= 4 is 18.1 Å². The largest absolute Gasteiger partial charge is 0.493 e. The minimum atomic E-state index is 0. The lowest BCUT2D eigenvalue weighted by molar-refractivity contribution is 0.288. The summed E-state index contributed by atoms with van der Waals surface area (Å²) in [6.07, 6.45) is 1.09. The summed E-state index contributed by atoms with van der Waals surface area (Å²) in [4.78, 5) is 0. The number of ether oxygens (including phenoxy) is 1. The average Bonchev–Trinajstić information content (AvgIpc) is 2.08. The molecule has 0 aliphatic heterocycles. The molecule has 0 radical (unpaired) electrons. The first kappa shape index (κ1) is 14.1. The summed E-state index contributed by atoms with van der Waals surface area (Å²) >= 11 is 0. The highest BCUT2D eigenvalue weighted by Crippen LogP contribution is 2.20. The van der Waals surface area contributed by atoms with Crippen molar-refractivity contribution in [1.29, 1.82) is 0 Å². The Bertz CT molecular complexity index is 300. The fourth-order valence-corrected chi connectivity index (χ4v) is 1.24. The van der Waals surface area contributed by atoms with Crippen molar-refractivity contribution in [3.05, 3.63) is 23.8 Å². The number of hydrogen-bond donors (Lipinski definition) is 1. The van der Waals surface area contributed by atoms with Gasteiger partial charge in [0.15, 0.2) is 0 Å². The molecule has 2 N–H and O–H groups in total. The van der Waals surface area contributed by atoms with E-state index in [2.05, 4.69) is 13.8 Å². The lowest BCUT2D eigenvalue weighted by Gasteiger charge is -2.10. The van der Waals surface area contributed by atoms with E-state index in [-0.39, 0.29) is 12.4 Å². The SMILES string of the molecule is Cc1cc(N)ccc1OCCC(C)C.Cl. The number of aryl methyl sites for hydroxylation is 1. The van der Waals surface area contributed by atoms with Crippen molar-refractivity contribution in [2.75, 3.05) is 12.3 Å². The molecule has 2 nitrogen and oxygen atoms in total. The zero-order chi connectivity index (χ0) is 10.6. The van der Waals surface area contributed by atoms with Gasteiger partial charge in [0.1, 0.15) is 5.75 Å². The van der Waals surface area contributed by atoms with Crippen LogP contribution in [0, 0.1) is 12.8 Å². The maximum atomic E-state index is 5.65. The summed E-state index contributed by atoms with van der Waals surface area (Å²) in [7, 11) is 0. The van der Waals surface area contributed by atoms with Gasteiger partial charge in [-0.3, -0.25) is 0 Å². The maximum Gasteiger partial charge on any atom is 0.122 e. The number of halogens is 1. The molecule has 0 saturated heterocycles. The monoisotopic (exact) mass is 229 g/mol. The number of rotatable bonds is 4. The van der Waals surface area contributed by atoms with Gasteiger partial charge in [-0.1, -0.05) is 13.8 Å². The quantitative estimate of drug-likeness (QED) is 0.803. The Morgan fingerprint density at radius 1 is 1.33 bits per heavy atom. The van der Waals surface area contributed by atoms with Crippen LogP contribution in [0.3, 0.4) is 0 Å². The van der Waals surface area contributed by atoms with Crippen LogP contribution in [0.15, 0.2) is 18.2 Å². The molecule has 0 saturated carbocycles. The minimum Gasteiger partial charge on any atom is -0.493 e. The second-order valence-electron chi connectivity index (χ2n) is 4.06. The highest BCUT2D eigenvalue weighted by Gasteiger charge is 2.00. The van der Waals surface area contributed by atoms with Crippen molar-refractivity contribution in [2.24, 2.45) is 5.92 Å². The first-order valence-corrected chi connectivity index (χ1v) is 5.08. The standard InChI is InChI=1S/C12H19NO.ClH/c1-9(2)6-7-14-12-5-4-11(13)8-10(12)3;/h4-5,8-9H,6-7,13H2,1-3H3;1H. The van der Waals surface area contributed by atoms with E-state index in [1.54, 1.807) is 0 Å². The Balaban J connectivity index is 0.00000196. The van der Waals surface area contributed by atoms with E-state index in [4.69, 9.17) is 10.5 Å². The van der Waals surface area contributed by atoms with E-state index in [0.717, 1.165) is 30.0 Å². The highest BCUT2D eigenvalue weighted by molar-refractivity contribution is 5.85. The molecule has 0 aromatic heterocycles. The number of nitrogen functional groups attached to an aromatic ring is 1. The molecule has 1 rings (SSSR count). The number of benzene rings is 1. The summed E-state index contributed by atoms with van der Waals surface area (Å²) in [5, 5.41) is 0. The van der Waals surface area contributed by atoms with Gasteiger partial charge in [0.25, 0.3) is 0 Å². The average molecular weight is 230 g/mol. The van der Waals surface area contributed by atoms with Crippen LogP contribution in [0.25, 0.3) is 0 Å². The molecule has 15 heavy (non-hydrogen) atoms. The van der Waals surface area contributed by atoms with Crippen LogP contribution in [-0.4, -0.2) is 6.61 Å². The molecule has 3 heteroatoms. The minimum absolute atomic E-state index is 0. The van der Waals surface area contributed by atoms with E-state index >= 15 is 0 Å². The first-order valence-electron chi connectivity index (χ1n) is 5.08. The van der Waals surface area contributed by atoms with E-state index in [9.17, 15) is 0 Å². The maximum absolute atomic E-state index is 5.65. The Kier molecular flexibility index (Phi) is 6.18. The summed E-state index contributed by atoms with van der Waals surface area (Å²) in [5.74, 6) is 1.63. The van der Waals surface area contributed by atoms with Crippen molar-refractivity contribution in [2.45, 2.75) is 27.2 Å². The van der Waals surface area contributed by atoms with Gasteiger partial charge >= 0.3 is 0 Å². The van der Waals surface area contributed by atoms with Gasteiger partial charge in [-0.25, -0.2) is 0 Å². The van der Waals surface area contributed by atoms with Gasteiger partial charge in [-0.15, -0.1) is 12.4 Å². The van der Waals surface area contributed by atoms with Crippen molar-refractivity contribution in [3.8, 4) is 5.75 Å². The molecule has 0 fully saturated rings. The summed E-state index contributed by atoms with van der Waals surface area (Å²) < 4.78 is 5.65. The first-order chi connectivity index (χ1) is 6.59. The van der Waals surface area contributed by atoms with Crippen LogP contribution < -0.4 is 10.5 Å². The Hall–Kier alpha value is -0.890. The highest BCUT2D eigenvalue weighted by atomic mass is 35.5. The third-order valence-electron chi connectivity index (χ3n) is 2.15. The molecule has 0 amide bonds. The van der Waals surface area contributed by atoms with Crippen molar-refractivity contribution in [1.82, 2.24) is 0 Å². The van der Waals surface area contributed by atoms with Crippen LogP contribution in [-0.2, 0) is 0 Å². The Morgan fingerprint density at radius 2 is 2.00 bits per heavy atom. The van der Waals surface area contributed by atoms with Crippen molar-refractivity contribution in [3.63, 3.8) is 0 Å². The zero-order valence-corrected chi connectivity index (χ0v) is 10.4. The van der Waals surface area contributed by atoms with Gasteiger partial charge in [0.05, 0.1) is 6.61 Å². The van der Waals surface area contributed by atoms with Gasteiger partial charge in [0, 0.05) is 5.69 Å². The van der Waals surface area contributed by atoms with E-state index in [1.165, 1.54) is 0 Å². The van der Waals surface area contributed by atoms with Crippen LogP contribution in [0.2, 0.25) is 0 Å². The van der Waals surface area contributed by atoms with Gasteiger partial charge in [0.2, 0.25) is 0 Å².